The second kappa shape index (κ2) is 0.999. The van der Waals surface area contributed by atoms with Crippen LogP contribution in [0.3, 0.4) is 0 Å². The van der Waals surface area contributed by atoms with E-state index in [0.717, 1.165) is 0 Å². The molecule has 4 heavy (non-hydrogen) atoms. The molecule has 2 radical (unpaired) electrons. The monoisotopic (exact) mass is 75.0 g/mol. The second-order valence-corrected chi connectivity index (χ2v) is 0.656. The molecule has 0 saturated heterocycles. The maximum absolute atomic E-state index is 8.83. The highest BCUT2D eigenvalue weighted by atomic mass is 28.2. The number of rotatable bonds is 0. The summed E-state index contributed by atoms with van der Waals surface area (Å²) in [6.45, 7) is 0. The molecule has 0 aliphatic heterocycles. The SMILES string of the molecule is O=[N+](O)[Si-]. The molecule has 0 aromatic carbocycles. The van der Waals surface area contributed by atoms with Crippen LogP contribution in [0.1, 0.15) is 0 Å². The molecule has 0 aromatic heterocycles. The molecule has 0 amide bonds. The number of hydrogen-bond acceptors (Lipinski definition) is 1. The average molecular weight is 75.1 g/mol. The Labute approximate surface area is 26.3 Å². The summed E-state index contributed by atoms with van der Waals surface area (Å²) in [6, 6.07) is 0. The van der Waals surface area contributed by atoms with Gasteiger partial charge < -0.3 is 0 Å². The minimum atomic E-state index is -0.444. The Kier molecular flexibility index (Phi) is 0.903. The summed E-state index contributed by atoms with van der Waals surface area (Å²) in [5.74, 6) is 0. The van der Waals surface area contributed by atoms with Crippen molar-refractivity contribution in [2.24, 2.45) is 0 Å². The minimum absolute atomic E-state index is 0.444. The van der Waals surface area contributed by atoms with Gasteiger partial charge in [-0.15, -0.1) is 0 Å². The predicted octanol–water partition coefficient (Wildman–Crippen LogP) is -0.762. The quantitative estimate of drug-likeness (QED) is 0.303. The molecule has 0 unspecified atom stereocenters. The lowest BCUT2D eigenvalue weighted by atomic mass is 13.4. The van der Waals surface area contributed by atoms with E-state index in [1.54, 1.807) is 0 Å². The fourth-order valence-electron chi connectivity index (χ4n) is 0. The maximum atomic E-state index is 8.83. The van der Waals surface area contributed by atoms with Crippen molar-refractivity contribution in [3.8, 4) is 0 Å². The topological polar surface area (TPSA) is 40.3 Å². The van der Waals surface area contributed by atoms with Crippen molar-refractivity contribution in [3.05, 3.63) is 4.91 Å². The van der Waals surface area contributed by atoms with Gasteiger partial charge in [-0.25, -0.2) is 0 Å². The molecule has 0 rings (SSSR count). The van der Waals surface area contributed by atoms with Gasteiger partial charge in [0.15, 0.2) is 0 Å². The third-order valence-electron chi connectivity index (χ3n) is 0. The summed E-state index contributed by atoms with van der Waals surface area (Å²) < 4.78 is -0.444. The maximum Gasteiger partial charge on any atom is 0.00973 e. The van der Waals surface area contributed by atoms with Gasteiger partial charge in [0, 0.05) is 4.91 Å². The van der Waals surface area contributed by atoms with Crippen LogP contribution in [0.2, 0.25) is 0 Å². The van der Waals surface area contributed by atoms with Crippen molar-refractivity contribution in [1.29, 1.82) is 0 Å². The van der Waals surface area contributed by atoms with E-state index >= 15 is 0 Å². The molecular formula is HNO2Si. The first kappa shape index (κ1) is 3.62. The van der Waals surface area contributed by atoms with Gasteiger partial charge in [0.25, 0.3) is 0 Å². The van der Waals surface area contributed by atoms with Crippen LogP contribution in [-0.2, 0) is 0 Å². The average Bonchev–Trinajstić information content (AvgIpc) is 0.811. The summed E-state index contributed by atoms with van der Waals surface area (Å²) in [5, 5.41) is 7.25. The summed E-state index contributed by atoms with van der Waals surface area (Å²) in [6.07, 6.45) is 0. The van der Waals surface area contributed by atoms with E-state index < -0.39 is 4.59 Å². The molecule has 0 fully saturated rings. The largest absolute Gasteiger partial charge is 0.299 e. The fourth-order valence-corrected chi connectivity index (χ4v) is 0. The van der Waals surface area contributed by atoms with E-state index in [-0.39, 0.29) is 0 Å². The third kappa shape index (κ3) is 4.19. The van der Waals surface area contributed by atoms with E-state index in [1.807, 2.05) is 0 Å². The van der Waals surface area contributed by atoms with Gasteiger partial charge in [-0.2, -0.15) is 0 Å². The molecule has 0 bridgehead atoms. The van der Waals surface area contributed by atoms with Gasteiger partial charge in [0.1, 0.15) is 0 Å². The lowest BCUT2D eigenvalue weighted by Gasteiger charge is -1.68. The number of hydrogen-bond donors (Lipinski definition) is 1. The zero-order valence-electron chi connectivity index (χ0n) is 1.80. The molecule has 3 nitrogen and oxygen atoms in total. The van der Waals surface area contributed by atoms with Crippen LogP contribution in [0.4, 0.5) is 0 Å². The highest BCUT2D eigenvalue weighted by Gasteiger charge is 1.49. The first-order valence-electron chi connectivity index (χ1n) is 0.606. The van der Waals surface area contributed by atoms with Crippen molar-refractivity contribution in [2.45, 2.75) is 0 Å². The highest BCUT2D eigenvalue weighted by Crippen LogP contribution is 1.29. The van der Waals surface area contributed by atoms with Gasteiger partial charge in [0.2, 0.25) is 0 Å². The molecule has 0 spiro atoms. The molecule has 0 aliphatic rings. The van der Waals surface area contributed by atoms with Gasteiger partial charge in [-0.3, -0.25) is 5.21 Å². The normalized spacial score (nSPS) is 6.00. The third-order valence-corrected chi connectivity index (χ3v) is 0. The summed E-state index contributed by atoms with van der Waals surface area (Å²) in [7, 11) is 2.15. The molecule has 0 saturated carbocycles. The smallest absolute Gasteiger partial charge is 0.00973 e. The van der Waals surface area contributed by atoms with Crippen LogP contribution in [0, 0.1) is 4.91 Å². The van der Waals surface area contributed by atoms with E-state index in [9.17, 15) is 0 Å². The Hall–Kier alpha value is -0.383. The zero-order valence-corrected chi connectivity index (χ0v) is 2.80. The predicted molar refractivity (Wildman–Crippen MR) is 11.2 cm³/mol. The van der Waals surface area contributed by atoms with Crippen molar-refractivity contribution >= 4 is 10.4 Å². The van der Waals surface area contributed by atoms with E-state index in [0.29, 0.717) is 0 Å². The van der Waals surface area contributed by atoms with Crippen molar-refractivity contribution in [2.75, 3.05) is 0 Å². The molecular weight excluding hydrogens is 74.1 g/mol. The Bertz CT molecular complexity index is 29.0. The first-order chi connectivity index (χ1) is 1.73. The zero-order chi connectivity index (χ0) is 3.58. The Balaban J connectivity index is 2.80. The van der Waals surface area contributed by atoms with Crippen LogP contribution < -0.4 is 0 Å². The van der Waals surface area contributed by atoms with Crippen molar-refractivity contribution in [3.63, 3.8) is 0 Å². The Morgan fingerprint density at radius 2 is 2.00 bits per heavy atom. The first-order valence-corrected chi connectivity index (χ1v) is 1.05. The summed E-state index contributed by atoms with van der Waals surface area (Å²) in [5.41, 5.74) is 0. The molecule has 22 valence electrons. The van der Waals surface area contributed by atoms with E-state index in [4.69, 9.17) is 10.1 Å². The van der Waals surface area contributed by atoms with Crippen LogP contribution in [-0.4, -0.2) is 20.2 Å². The summed E-state index contributed by atoms with van der Waals surface area (Å²) in [4.78, 5) is 8.83. The Morgan fingerprint density at radius 1 is 2.00 bits per heavy atom. The Morgan fingerprint density at radius 3 is 2.00 bits per heavy atom. The van der Waals surface area contributed by atoms with E-state index in [2.05, 4.69) is 10.4 Å². The van der Waals surface area contributed by atoms with Crippen LogP contribution in [0.25, 0.3) is 0 Å². The van der Waals surface area contributed by atoms with Crippen LogP contribution in [0.15, 0.2) is 0 Å². The van der Waals surface area contributed by atoms with Gasteiger partial charge in [-0.05, 0) is 10.4 Å². The van der Waals surface area contributed by atoms with Crippen LogP contribution >= 0.6 is 0 Å². The van der Waals surface area contributed by atoms with Gasteiger partial charge in [0.05, 0.1) is 0 Å². The minimum Gasteiger partial charge on any atom is -0.299 e. The molecule has 4 heteroatoms. The standard InChI is InChI=1S/HNO2Si/c2-1(3)4/h(H,2,3). The summed E-state index contributed by atoms with van der Waals surface area (Å²) >= 11 is 0. The fraction of sp³-hybridized carbons (Fsp3) is 0. The second-order valence-electron chi connectivity index (χ2n) is 0.273. The molecule has 0 aliphatic carbocycles. The van der Waals surface area contributed by atoms with E-state index in [1.165, 1.54) is 0 Å². The highest BCUT2D eigenvalue weighted by molar-refractivity contribution is 5.94. The molecule has 0 heterocycles. The van der Waals surface area contributed by atoms with Crippen molar-refractivity contribution < 1.29 is 9.80 Å². The lowest BCUT2D eigenvalue weighted by molar-refractivity contribution is -0.682. The van der Waals surface area contributed by atoms with Gasteiger partial charge in [-0.1, -0.05) is 4.59 Å². The molecule has 0 aromatic rings. The molecule has 0 atom stereocenters. The molecule has 1 N–H and O–H groups in total. The van der Waals surface area contributed by atoms with Crippen molar-refractivity contribution in [1.82, 2.24) is 0 Å². The number of nitrogens with zero attached hydrogens (tertiary/aromatic N) is 1. The van der Waals surface area contributed by atoms with Crippen LogP contribution in [0.5, 0.6) is 0 Å². The lowest BCUT2D eigenvalue weighted by Crippen LogP contribution is -1.89. The van der Waals surface area contributed by atoms with Gasteiger partial charge >= 0.3 is 0 Å².